The lowest BCUT2D eigenvalue weighted by atomic mass is 9.86. The molecule has 18 heavy (non-hydrogen) atoms. The summed E-state index contributed by atoms with van der Waals surface area (Å²) in [6.07, 6.45) is 1.04. The fourth-order valence-corrected chi connectivity index (χ4v) is 2.96. The largest absolute Gasteiger partial charge is 0.294 e. The highest BCUT2D eigenvalue weighted by atomic mass is 16.1. The number of hydrogen-bond acceptors (Lipinski definition) is 1. The van der Waals surface area contributed by atoms with E-state index in [-0.39, 0.29) is 11.3 Å². The molecule has 1 heteroatoms. The highest BCUT2D eigenvalue weighted by Gasteiger charge is 2.51. The van der Waals surface area contributed by atoms with E-state index in [1.54, 1.807) is 0 Å². The molecular formula is C17H24O. The van der Waals surface area contributed by atoms with Gasteiger partial charge in [-0.1, -0.05) is 13.8 Å². The average molecular weight is 244 g/mol. The maximum atomic E-state index is 12.7. The maximum absolute atomic E-state index is 12.7. The van der Waals surface area contributed by atoms with Crippen LogP contribution in [-0.2, 0) is 0 Å². The number of Topliss-reactive ketones (excluding diaryl/α,β-unsaturated/α-hetero) is 1. The molecule has 1 aromatic carbocycles. The highest BCUT2D eigenvalue weighted by Crippen LogP contribution is 2.53. The topological polar surface area (TPSA) is 17.1 Å². The van der Waals surface area contributed by atoms with Gasteiger partial charge in [0.25, 0.3) is 0 Å². The second-order valence-electron chi connectivity index (χ2n) is 6.61. The molecule has 0 spiro atoms. The van der Waals surface area contributed by atoms with Crippen molar-refractivity contribution < 1.29 is 4.79 Å². The Hall–Kier alpha value is -1.11. The zero-order chi connectivity index (χ0) is 13.8. The van der Waals surface area contributed by atoms with E-state index in [2.05, 4.69) is 48.5 Å². The number of carbonyl (C=O) groups is 1. The lowest BCUT2D eigenvalue weighted by Gasteiger charge is -2.18. The molecule has 1 nitrogen and oxygen atoms in total. The van der Waals surface area contributed by atoms with Gasteiger partial charge < -0.3 is 0 Å². The van der Waals surface area contributed by atoms with Crippen LogP contribution >= 0.6 is 0 Å². The smallest absolute Gasteiger partial charge is 0.167 e. The van der Waals surface area contributed by atoms with E-state index < -0.39 is 0 Å². The van der Waals surface area contributed by atoms with Crippen LogP contribution in [0.25, 0.3) is 0 Å². The molecule has 1 atom stereocenters. The third-order valence-electron chi connectivity index (χ3n) is 5.08. The second-order valence-corrected chi connectivity index (χ2v) is 6.61. The van der Waals surface area contributed by atoms with E-state index in [9.17, 15) is 4.79 Å². The SMILES string of the molecule is Cc1c(C)c(C)c(C(=O)C2CC2(C)C)c(C)c1C. The van der Waals surface area contributed by atoms with Crippen molar-refractivity contribution in [3.05, 3.63) is 33.4 Å². The van der Waals surface area contributed by atoms with Crippen molar-refractivity contribution in [1.29, 1.82) is 0 Å². The quantitative estimate of drug-likeness (QED) is 0.702. The Morgan fingerprint density at radius 2 is 1.22 bits per heavy atom. The van der Waals surface area contributed by atoms with Crippen LogP contribution in [0.1, 0.15) is 58.4 Å². The summed E-state index contributed by atoms with van der Waals surface area (Å²) in [4.78, 5) is 12.7. The van der Waals surface area contributed by atoms with E-state index in [1.165, 1.54) is 27.8 Å². The summed E-state index contributed by atoms with van der Waals surface area (Å²) in [5.41, 5.74) is 7.46. The summed E-state index contributed by atoms with van der Waals surface area (Å²) >= 11 is 0. The molecule has 0 amide bonds. The Bertz CT molecular complexity index is 506. The van der Waals surface area contributed by atoms with Crippen LogP contribution in [0.2, 0.25) is 0 Å². The highest BCUT2D eigenvalue weighted by molar-refractivity contribution is 6.03. The van der Waals surface area contributed by atoms with Crippen molar-refractivity contribution in [2.75, 3.05) is 0 Å². The number of ketones is 1. The first kappa shape index (κ1) is 13.3. The summed E-state index contributed by atoms with van der Waals surface area (Å²) in [5, 5.41) is 0. The van der Waals surface area contributed by atoms with Gasteiger partial charge in [-0.2, -0.15) is 0 Å². The Morgan fingerprint density at radius 3 is 1.56 bits per heavy atom. The fraction of sp³-hybridized carbons (Fsp3) is 0.588. The zero-order valence-corrected chi connectivity index (χ0v) is 12.7. The van der Waals surface area contributed by atoms with Gasteiger partial charge >= 0.3 is 0 Å². The second kappa shape index (κ2) is 3.94. The molecule has 0 saturated heterocycles. The Balaban J connectivity index is 2.56. The fourth-order valence-electron chi connectivity index (χ4n) is 2.96. The lowest BCUT2D eigenvalue weighted by molar-refractivity contribution is 0.0952. The maximum Gasteiger partial charge on any atom is 0.167 e. The first-order valence-corrected chi connectivity index (χ1v) is 6.79. The van der Waals surface area contributed by atoms with Crippen LogP contribution in [0.5, 0.6) is 0 Å². The van der Waals surface area contributed by atoms with Crippen molar-refractivity contribution in [1.82, 2.24) is 0 Å². The molecular weight excluding hydrogens is 220 g/mol. The minimum Gasteiger partial charge on any atom is -0.294 e. The number of hydrogen-bond donors (Lipinski definition) is 0. The Labute approximate surface area is 111 Å². The van der Waals surface area contributed by atoms with Crippen LogP contribution in [-0.4, -0.2) is 5.78 Å². The number of benzene rings is 1. The van der Waals surface area contributed by atoms with Crippen LogP contribution in [0, 0.1) is 46.0 Å². The molecule has 1 saturated carbocycles. The number of carbonyl (C=O) groups excluding carboxylic acids is 1. The molecule has 0 heterocycles. The molecule has 0 radical (unpaired) electrons. The van der Waals surface area contributed by atoms with Crippen LogP contribution in [0.3, 0.4) is 0 Å². The first-order chi connectivity index (χ1) is 8.18. The van der Waals surface area contributed by atoms with Gasteiger partial charge in [-0.05, 0) is 74.3 Å². The summed E-state index contributed by atoms with van der Waals surface area (Å²) < 4.78 is 0. The zero-order valence-electron chi connectivity index (χ0n) is 12.7. The molecule has 1 aliphatic carbocycles. The van der Waals surface area contributed by atoms with Crippen molar-refractivity contribution in [3.8, 4) is 0 Å². The first-order valence-electron chi connectivity index (χ1n) is 6.79. The molecule has 0 N–H and O–H groups in total. The molecule has 0 aliphatic heterocycles. The molecule has 2 rings (SSSR count). The Morgan fingerprint density at radius 1 is 0.889 bits per heavy atom. The Kier molecular flexibility index (Phi) is 2.92. The molecule has 0 bridgehead atoms. The van der Waals surface area contributed by atoms with E-state index in [4.69, 9.17) is 0 Å². The van der Waals surface area contributed by atoms with Crippen LogP contribution in [0.15, 0.2) is 0 Å². The van der Waals surface area contributed by atoms with Gasteiger partial charge in [-0.15, -0.1) is 0 Å². The van der Waals surface area contributed by atoms with Crippen LogP contribution in [0.4, 0.5) is 0 Å². The monoisotopic (exact) mass is 244 g/mol. The summed E-state index contributed by atoms with van der Waals surface area (Å²) in [6.45, 7) is 15.0. The van der Waals surface area contributed by atoms with Crippen molar-refractivity contribution >= 4 is 5.78 Å². The van der Waals surface area contributed by atoms with Crippen molar-refractivity contribution in [2.24, 2.45) is 11.3 Å². The number of rotatable bonds is 2. The third-order valence-corrected chi connectivity index (χ3v) is 5.08. The third kappa shape index (κ3) is 1.81. The van der Waals surface area contributed by atoms with E-state index in [1.807, 2.05) is 0 Å². The molecule has 1 aromatic rings. The van der Waals surface area contributed by atoms with Gasteiger partial charge in [-0.25, -0.2) is 0 Å². The molecule has 1 aliphatic rings. The molecule has 0 aromatic heterocycles. The van der Waals surface area contributed by atoms with Gasteiger partial charge in [0.15, 0.2) is 5.78 Å². The molecule has 1 fully saturated rings. The average Bonchev–Trinajstić information content (AvgIpc) is 2.93. The van der Waals surface area contributed by atoms with Gasteiger partial charge in [0.05, 0.1) is 0 Å². The van der Waals surface area contributed by atoms with E-state index in [0.717, 1.165) is 12.0 Å². The standard InChI is InChI=1S/C17H24O/c1-9-10(2)12(4)15(13(5)11(9)3)16(18)14-8-17(14,6)7/h14H,8H2,1-7H3. The minimum atomic E-state index is 0.211. The predicted octanol–water partition coefficient (Wildman–Crippen LogP) is 4.46. The van der Waals surface area contributed by atoms with Crippen LogP contribution < -0.4 is 0 Å². The lowest BCUT2D eigenvalue weighted by Crippen LogP contribution is -2.13. The van der Waals surface area contributed by atoms with Gasteiger partial charge in [0.2, 0.25) is 0 Å². The van der Waals surface area contributed by atoms with Crippen molar-refractivity contribution in [2.45, 2.75) is 54.9 Å². The van der Waals surface area contributed by atoms with Crippen molar-refractivity contribution in [3.63, 3.8) is 0 Å². The summed E-state index contributed by atoms with van der Waals surface area (Å²) in [7, 11) is 0. The predicted molar refractivity (Wildman–Crippen MR) is 76.3 cm³/mol. The van der Waals surface area contributed by atoms with E-state index >= 15 is 0 Å². The minimum absolute atomic E-state index is 0.211. The normalized spacial score (nSPS) is 20.9. The summed E-state index contributed by atoms with van der Waals surface area (Å²) in [5.74, 6) is 0.595. The van der Waals surface area contributed by atoms with Gasteiger partial charge in [0, 0.05) is 11.5 Å². The van der Waals surface area contributed by atoms with E-state index in [0.29, 0.717) is 5.78 Å². The molecule has 98 valence electrons. The van der Waals surface area contributed by atoms with Gasteiger partial charge in [-0.3, -0.25) is 4.79 Å². The summed E-state index contributed by atoms with van der Waals surface area (Å²) in [6, 6.07) is 0. The van der Waals surface area contributed by atoms with Gasteiger partial charge in [0.1, 0.15) is 0 Å². The molecule has 1 unspecified atom stereocenters.